The van der Waals surface area contributed by atoms with Crippen LogP contribution in [0.1, 0.15) is 23.3 Å². The van der Waals surface area contributed by atoms with Gasteiger partial charge in [0, 0.05) is 41.9 Å². The highest BCUT2D eigenvalue weighted by Gasteiger charge is 2.15. The Morgan fingerprint density at radius 3 is 2.47 bits per heavy atom. The molecule has 11 heteroatoms. The zero-order valence-electron chi connectivity index (χ0n) is 21.6. The first kappa shape index (κ1) is 26.3. The second-order valence-corrected chi connectivity index (χ2v) is 8.15. The van der Waals surface area contributed by atoms with Crippen molar-refractivity contribution in [2.24, 2.45) is 4.99 Å². The molecular formula is C27H29N5O6. The Morgan fingerprint density at radius 2 is 1.79 bits per heavy atom. The summed E-state index contributed by atoms with van der Waals surface area (Å²) in [5.41, 5.74) is 0.954. The number of anilines is 1. The van der Waals surface area contributed by atoms with Gasteiger partial charge < -0.3 is 34.1 Å². The normalized spacial score (nSPS) is 14.2. The van der Waals surface area contributed by atoms with Crippen LogP contribution in [0.15, 0.2) is 47.6 Å². The molecule has 0 saturated carbocycles. The van der Waals surface area contributed by atoms with Crippen molar-refractivity contribution in [2.75, 3.05) is 40.3 Å². The topological polar surface area (TPSA) is 125 Å². The number of amides is 1. The van der Waals surface area contributed by atoms with E-state index < -0.39 is 11.9 Å². The smallest absolute Gasteiger partial charge is 0.325 e. The number of nitrogens with one attached hydrogen (secondary N) is 2. The molecule has 0 aliphatic carbocycles. The molecule has 3 aromatic rings. The predicted octanol–water partition coefficient (Wildman–Crippen LogP) is 1.62. The van der Waals surface area contributed by atoms with Gasteiger partial charge in [-0.15, -0.1) is 0 Å². The molecule has 0 spiro atoms. The molecule has 0 bridgehead atoms. The van der Waals surface area contributed by atoms with Gasteiger partial charge in [-0.25, -0.2) is 9.98 Å². The summed E-state index contributed by atoms with van der Waals surface area (Å²) in [4.78, 5) is 32.9. The van der Waals surface area contributed by atoms with Crippen molar-refractivity contribution in [3.8, 4) is 23.1 Å². The molecule has 2 N–H and O–H groups in total. The van der Waals surface area contributed by atoms with Gasteiger partial charge in [0.25, 0.3) is 5.91 Å². The lowest BCUT2D eigenvalue weighted by molar-refractivity contribution is -0.139. The van der Waals surface area contributed by atoms with Gasteiger partial charge in [0.1, 0.15) is 23.9 Å². The van der Waals surface area contributed by atoms with Gasteiger partial charge in [-0.1, -0.05) is 12.1 Å². The molecule has 38 heavy (non-hydrogen) atoms. The number of rotatable bonds is 8. The Labute approximate surface area is 219 Å². The molecule has 11 nitrogen and oxygen atoms in total. The molecule has 1 amide bonds. The zero-order chi connectivity index (χ0) is 27.1. The molecule has 3 heterocycles. The molecule has 1 aromatic carbocycles. The van der Waals surface area contributed by atoms with Crippen LogP contribution in [0.2, 0.25) is 0 Å². The third kappa shape index (κ3) is 5.77. The second-order valence-electron chi connectivity index (χ2n) is 8.15. The molecule has 1 aliphatic rings. The van der Waals surface area contributed by atoms with Gasteiger partial charge in [0.05, 0.1) is 33.8 Å². The minimum absolute atomic E-state index is 0.193. The lowest BCUT2D eigenvalue weighted by Crippen LogP contribution is -2.32. The Balaban J connectivity index is 1.59. The van der Waals surface area contributed by atoms with Crippen LogP contribution in [0.3, 0.4) is 0 Å². The maximum absolute atomic E-state index is 12.4. The monoisotopic (exact) mass is 519 g/mol. The number of hydrogen-bond acceptors (Lipinski definition) is 9. The maximum Gasteiger partial charge on any atom is 0.325 e. The number of pyridine rings is 1. The Kier molecular flexibility index (Phi) is 8.27. The third-order valence-corrected chi connectivity index (χ3v) is 5.82. The highest BCUT2D eigenvalue weighted by molar-refractivity contribution is 5.98. The van der Waals surface area contributed by atoms with Crippen LogP contribution in [0, 0.1) is 0 Å². The van der Waals surface area contributed by atoms with Crippen molar-refractivity contribution in [1.82, 2.24) is 14.9 Å². The lowest BCUT2D eigenvalue weighted by Gasteiger charge is -2.16. The van der Waals surface area contributed by atoms with Gasteiger partial charge in [0.15, 0.2) is 11.5 Å². The third-order valence-electron chi connectivity index (χ3n) is 5.82. The highest BCUT2D eigenvalue weighted by Crippen LogP contribution is 2.40. The summed E-state index contributed by atoms with van der Waals surface area (Å²) in [6.07, 6.45) is 7.13. The first-order chi connectivity index (χ1) is 18.5. The average molecular weight is 520 g/mol. The minimum Gasteiger partial charge on any atom is -0.493 e. The van der Waals surface area contributed by atoms with Gasteiger partial charge >= 0.3 is 5.97 Å². The van der Waals surface area contributed by atoms with Gasteiger partial charge in [-0.05, 0) is 24.6 Å². The first-order valence-corrected chi connectivity index (χ1v) is 11.8. The number of hydrogen-bond donors (Lipinski definition) is 2. The summed E-state index contributed by atoms with van der Waals surface area (Å²) in [7, 11) is 5.97. The van der Waals surface area contributed by atoms with Gasteiger partial charge in [-0.2, -0.15) is 0 Å². The Morgan fingerprint density at radius 1 is 1.03 bits per heavy atom. The first-order valence-electron chi connectivity index (χ1n) is 11.8. The quantitative estimate of drug-likeness (QED) is 0.430. The number of carbonyl (C=O) groups is 2. The summed E-state index contributed by atoms with van der Waals surface area (Å²) in [5, 5.41) is 7.67. The zero-order valence-corrected chi connectivity index (χ0v) is 21.6. The molecule has 1 aliphatic heterocycles. The Bertz CT molecular complexity index is 1470. The van der Waals surface area contributed by atoms with Crippen LogP contribution < -0.4 is 35.4 Å². The SMILES string of the molecule is COC(=O)CNC(=O)c1cccc(-n2ccc3/c2=C/CCC(Nc2cc(OC)c(OC)c(OC)c2)=N\C=3)n1. The number of methoxy groups -OCH3 is 4. The standard InChI is InChI=1S/C27H29N5O6/c1-35-21-13-18(14-22(36-2)26(21)38-4)30-23-9-6-8-20-17(15-28-23)11-12-32(20)24-10-5-7-19(31-24)27(34)29-16-25(33)37-3/h5,7-8,10-15H,6,9,16H2,1-4H3,(H,28,30)(H,29,34)/b17-15-,20-8-. The fourth-order valence-electron chi connectivity index (χ4n) is 3.96. The lowest BCUT2D eigenvalue weighted by atomic mass is 10.2. The molecular weight excluding hydrogens is 490 g/mol. The van der Waals surface area contributed by atoms with E-state index in [1.54, 1.807) is 39.7 Å². The number of benzene rings is 1. The van der Waals surface area contributed by atoms with E-state index in [4.69, 9.17) is 14.2 Å². The number of aliphatic imine (C=N–C) groups is 1. The van der Waals surface area contributed by atoms with E-state index in [0.29, 0.717) is 35.9 Å². The number of esters is 1. The van der Waals surface area contributed by atoms with E-state index in [-0.39, 0.29) is 12.2 Å². The number of amidine groups is 1. The van der Waals surface area contributed by atoms with Crippen molar-refractivity contribution in [3.05, 3.63) is 58.9 Å². The second kappa shape index (κ2) is 12.0. The van der Waals surface area contributed by atoms with E-state index in [1.807, 2.05) is 35.0 Å². The minimum atomic E-state index is -0.536. The van der Waals surface area contributed by atoms with Crippen molar-refractivity contribution in [3.63, 3.8) is 0 Å². The summed E-state index contributed by atoms with van der Waals surface area (Å²) in [6.45, 7) is -0.229. The summed E-state index contributed by atoms with van der Waals surface area (Å²) >= 11 is 0. The maximum atomic E-state index is 12.4. The number of fused-ring (bicyclic) bond motifs is 1. The average Bonchev–Trinajstić information content (AvgIpc) is 3.33. The van der Waals surface area contributed by atoms with Crippen molar-refractivity contribution in [2.45, 2.75) is 12.8 Å². The molecule has 0 radical (unpaired) electrons. The number of carbonyl (C=O) groups excluding carboxylic acids is 2. The van der Waals surface area contributed by atoms with E-state index in [0.717, 1.165) is 22.1 Å². The van der Waals surface area contributed by atoms with Gasteiger partial charge in [-0.3, -0.25) is 9.59 Å². The number of aromatic nitrogens is 2. The predicted molar refractivity (Wildman–Crippen MR) is 142 cm³/mol. The Hall–Kier alpha value is -4.80. The van der Waals surface area contributed by atoms with Crippen molar-refractivity contribution < 1.29 is 28.5 Å². The van der Waals surface area contributed by atoms with Crippen LogP contribution in [0.4, 0.5) is 5.69 Å². The summed E-state index contributed by atoms with van der Waals surface area (Å²) in [6, 6.07) is 10.7. The molecule has 2 aromatic heterocycles. The van der Waals surface area contributed by atoms with Crippen LogP contribution in [-0.2, 0) is 9.53 Å². The van der Waals surface area contributed by atoms with Crippen LogP contribution in [-0.4, -0.2) is 62.2 Å². The van der Waals surface area contributed by atoms with Gasteiger partial charge in [0.2, 0.25) is 5.75 Å². The molecule has 0 atom stereocenters. The number of nitrogens with zero attached hydrogens (tertiary/aromatic N) is 3. The number of ether oxygens (including phenoxy) is 4. The highest BCUT2D eigenvalue weighted by atomic mass is 16.5. The van der Waals surface area contributed by atoms with Crippen LogP contribution in [0.25, 0.3) is 18.1 Å². The summed E-state index contributed by atoms with van der Waals surface area (Å²) < 4.78 is 22.7. The van der Waals surface area contributed by atoms with E-state index in [9.17, 15) is 9.59 Å². The van der Waals surface area contributed by atoms with E-state index >= 15 is 0 Å². The summed E-state index contributed by atoms with van der Waals surface area (Å²) in [5.74, 6) is 1.96. The molecule has 198 valence electrons. The fourth-order valence-corrected chi connectivity index (χ4v) is 3.96. The fraction of sp³-hybridized carbons (Fsp3) is 0.259. The molecule has 0 fully saturated rings. The molecule has 0 unspecified atom stereocenters. The van der Waals surface area contributed by atoms with Crippen LogP contribution >= 0.6 is 0 Å². The molecule has 0 saturated heterocycles. The van der Waals surface area contributed by atoms with Crippen LogP contribution in [0.5, 0.6) is 17.2 Å². The largest absolute Gasteiger partial charge is 0.493 e. The van der Waals surface area contributed by atoms with E-state index in [1.165, 1.54) is 7.11 Å². The van der Waals surface area contributed by atoms with E-state index in [2.05, 4.69) is 31.4 Å². The van der Waals surface area contributed by atoms with Crippen molar-refractivity contribution >= 4 is 35.7 Å². The molecule has 4 rings (SSSR count). The van der Waals surface area contributed by atoms with Crippen molar-refractivity contribution in [1.29, 1.82) is 0 Å².